The van der Waals surface area contributed by atoms with Gasteiger partial charge >= 0.3 is 6.18 Å². The van der Waals surface area contributed by atoms with Crippen LogP contribution in [0.1, 0.15) is 52.0 Å². The number of nitrogens with one attached hydrogen (secondary N) is 3. The SMILES string of the molecule is C=C=C1C[C@]1(NC(=O)[C@@H]1C[C@@H](Oc2nccc3ccccc23)CN1C(=O)[C@@H](Nc1cc(F)cc(C(F)(F)F)c1)C(C)(C)C)C(=O)NS(=O)(=O)C1CC1. The highest BCUT2D eigenvalue weighted by Gasteiger charge is 2.60. The number of benzene rings is 2. The zero-order valence-corrected chi connectivity index (χ0v) is 29.3. The van der Waals surface area contributed by atoms with Gasteiger partial charge in [-0.05, 0) is 54.0 Å². The number of sulfonamides is 1. The summed E-state index contributed by atoms with van der Waals surface area (Å²) in [6.07, 6.45) is -3.51. The summed E-state index contributed by atoms with van der Waals surface area (Å²) in [6.45, 7) is 8.33. The Bertz CT molecular complexity index is 2100. The van der Waals surface area contributed by atoms with Crippen molar-refractivity contribution in [3.63, 3.8) is 0 Å². The summed E-state index contributed by atoms with van der Waals surface area (Å²) in [5.41, 5.74) is -1.51. The maximum absolute atomic E-state index is 14.5. The van der Waals surface area contributed by atoms with Crippen LogP contribution in [0.5, 0.6) is 5.88 Å². The van der Waals surface area contributed by atoms with E-state index in [-0.39, 0.29) is 36.5 Å². The molecule has 2 aliphatic carbocycles. The largest absolute Gasteiger partial charge is 0.472 e. The van der Waals surface area contributed by atoms with Crippen molar-refractivity contribution >= 4 is 44.2 Å². The maximum Gasteiger partial charge on any atom is 0.416 e. The number of alkyl halides is 3. The number of rotatable bonds is 10. The number of ether oxygens (including phenoxy) is 1. The summed E-state index contributed by atoms with van der Waals surface area (Å²) >= 11 is 0. The second kappa shape index (κ2) is 13.2. The fraction of sp³-hybridized carbons (Fsp3) is 0.417. The molecule has 3 fully saturated rings. The first-order valence-electron chi connectivity index (χ1n) is 16.5. The van der Waals surface area contributed by atoms with Crippen LogP contribution in [-0.4, -0.2) is 71.5 Å². The van der Waals surface area contributed by atoms with Gasteiger partial charge < -0.3 is 20.3 Å². The van der Waals surface area contributed by atoms with Gasteiger partial charge in [-0.1, -0.05) is 45.5 Å². The molecule has 4 atom stereocenters. The van der Waals surface area contributed by atoms with Crippen LogP contribution in [0.3, 0.4) is 0 Å². The van der Waals surface area contributed by atoms with Gasteiger partial charge in [0.1, 0.15) is 24.0 Å². The molecule has 3 aromatic rings. The van der Waals surface area contributed by atoms with E-state index in [1.165, 1.54) is 4.90 Å². The number of carbonyl (C=O) groups excluding carboxylic acids is 3. The van der Waals surface area contributed by atoms with E-state index < -0.39 is 79.7 Å². The molecule has 52 heavy (non-hydrogen) atoms. The number of hydrogen-bond donors (Lipinski definition) is 3. The van der Waals surface area contributed by atoms with Gasteiger partial charge in [-0.15, -0.1) is 5.73 Å². The van der Waals surface area contributed by atoms with Gasteiger partial charge in [-0.3, -0.25) is 19.1 Å². The Hall–Kier alpha value is -4.95. The maximum atomic E-state index is 14.5. The number of carbonyl (C=O) groups is 3. The van der Waals surface area contributed by atoms with Gasteiger partial charge in [0.15, 0.2) is 5.54 Å². The molecule has 2 saturated carbocycles. The third-order valence-corrected chi connectivity index (χ3v) is 11.2. The summed E-state index contributed by atoms with van der Waals surface area (Å²) in [4.78, 5) is 47.6. The van der Waals surface area contributed by atoms with E-state index in [2.05, 4.69) is 32.6 Å². The predicted molar refractivity (Wildman–Crippen MR) is 183 cm³/mol. The molecule has 3 N–H and O–H groups in total. The highest BCUT2D eigenvalue weighted by molar-refractivity contribution is 7.91. The molecule has 1 aromatic heterocycles. The second-order valence-corrected chi connectivity index (χ2v) is 16.4. The number of halogens is 4. The summed E-state index contributed by atoms with van der Waals surface area (Å²) in [7, 11) is -3.98. The van der Waals surface area contributed by atoms with Crippen LogP contribution < -0.4 is 20.1 Å². The highest BCUT2D eigenvalue weighted by Crippen LogP contribution is 2.43. The first-order chi connectivity index (χ1) is 24.3. The molecule has 2 heterocycles. The number of pyridine rings is 1. The van der Waals surface area contributed by atoms with Crippen LogP contribution in [-0.2, 0) is 30.6 Å². The zero-order valence-electron chi connectivity index (χ0n) is 28.5. The standard InChI is InChI=1S/C36H37F4N5O6S/c1-5-21-18-35(21,33(48)44-52(49,50)26-10-11-26)43-30(46)28-17-25(51-31-27-9-7-6-8-20(27)12-13-41-31)19-45(28)32(47)29(34(2,3)4)42-24-15-22(36(38,39)40)14-23(37)16-24/h6-9,12-16,25-26,28-29,42H,1,10-11,17-19H2,2-4H3,(H,43,46)(H,44,48)/t25-,28+,29-,35-/m1/s1. The molecule has 16 heteroatoms. The van der Waals surface area contributed by atoms with Crippen LogP contribution in [0.4, 0.5) is 23.2 Å². The minimum absolute atomic E-state index is 0.0674. The lowest BCUT2D eigenvalue weighted by molar-refractivity contribution is -0.141. The first-order valence-corrected chi connectivity index (χ1v) is 18.1. The summed E-state index contributed by atoms with van der Waals surface area (Å²) in [6, 6.07) is 8.35. The molecule has 1 saturated heterocycles. The minimum atomic E-state index is -4.86. The molecule has 11 nitrogen and oxygen atoms in total. The zero-order chi connectivity index (χ0) is 37.8. The van der Waals surface area contributed by atoms with Gasteiger partial charge in [0.05, 0.1) is 17.4 Å². The minimum Gasteiger partial charge on any atom is -0.472 e. The normalized spacial score (nSPS) is 22.4. The molecular weight excluding hydrogens is 706 g/mol. The van der Waals surface area contributed by atoms with Crippen molar-refractivity contribution in [3.05, 3.63) is 84.0 Å². The molecule has 0 unspecified atom stereocenters. The van der Waals surface area contributed by atoms with Gasteiger partial charge in [0, 0.05) is 35.7 Å². The van der Waals surface area contributed by atoms with Crippen LogP contribution in [0.15, 0.2) is 72.6 Å². The number of nitrogens with zero attached hydrogens (tertiary/aromatic N) is 2. The molecule has 2 aromatic carbocycles. The number of fused-ring (bicyclic) bond motifs is 1. The Balaban J connectivity index is 1.32. The summed E-state index contributed by atoms with van der Waals surface area (Å²) in [5, 5.41) is 6.18. The fourth-order valence-electron chi connectivity index (χ4n) is 6.34. The fourth-order valence-corrected chi connectivity index (χ4v) is 7.69. The number of anilines is 1. The highest BCUT2D eigenvalue weighted by atomic mass is 32.2. The molecule has 0 bridgehead atoms. The van der Waals surface area contributed by atoms with Crippen molar-refractivity contribution in [2.24, 2.45) is 5.41 Å². The predicted octanol–water partition coefficient (Wildman–Crippen LogP) is 4.85. The Morgan fingerprint density at radius 2 is 1.81 bits per heavy atom. The first kappa shape index (κ1) is 36.8. The number of likely N-dealkylation sites (tertiary alicyclic amines) is 1. The quantitative estimate of drug-likeness (QED) is 0.198. The second-order valence-electron chi connectivity index (χ2n) is 14.4. The van der Waals surface area contributed by atoms with E-state index in [0.717, 1.165) is 11.5 Å². The van der Waals surface area contributed by atoms with Gasteiger partial charge in [0.25, 0.3) is 5.91 Å². The van der Waals surface area contributed by atoms with Crippen molar-refractivity contribution < 1.29 is 45.1 Å². The van der Waals surface area contributed by atoms with Crippen molar-refractivity contribution in [3.8, 4) is 5.88 Å². The summed E-state index contributed by atoms with van der Waals surface area (Å²) < 4.78 is 88.6. The molecule has 3 aliphatic rings. The molecule has 276 valence electrons. The van der Waals surface area contributed by atoms with Gasteiger partial charge in [-0.25, -0.2) is 17.8 Å². The number of amides is 3. The lowest BCUT2D eigenvalue weighted by Crippen LogP contribution is -2.58. The van der Waals surface area contributed by atoms with Crippen LogP contribution in [0.2, 0.25) is 0 Å². The number of aromatic nitrogens is 1. The van der Waals surface area contributed by atoms with E-state index in [1.54, 1.807) is 45.2 Å². The van der Waals surface area contributed by atoms with Crippen molar-refractivity contribution in [2.45, 2.75) is 81.6 Å². The molecule has 1 aliphatic heterocycles. The van der Waals surface area contributed by atoms with E-state index >= 15 is 0 Å². The summed E-state index contributed by atoms with van der Waals surface area (Å²) in [5.74, 6) is -3.44. The third kappa shape index (κ3) is 7.49. The molecular formula is C36H37F4N5O6S. The third-order valence-electron chi connectivity index (χ3n) is 9.38. The average Bonchev–Trinajstić information content (AvgIpc) is 3.99. The van der Waals surface area contributed by atoms with E-state index in [9.17, 15) is 40.4 Å². The Labute approximate surface area is 297 Å². The van der Waals surface area contributed by atoms with Crippen molar-refractivity contribution in [1.29, 1.82) is 0 Å². The van der Waals surface area contributed by atoms with E-state index in [4.69, 9.17) is 4.74 Å². The molecule has 0 spiro atoms. The van der Waals surface area contributed by atoms with Crippen LogP contribution in [0, 0.1) is 11.2 Å². The van der Waals surface area contributed by atoms with Gasteiger partial charge in [-0.2, -0.15) is 13.2 Å². The Morgan fingerprint density at radius 1 is 1.10 bits per heavy atom. The molecule has 3 amide bonds. The lowest BCUT2D eigenvalue weighted by Gasteiger charge is -2.36. The smallest absolute Gasteiger partial charge is 0.416 e. The Kier molecular flexibility index (Phi) is 9.37. The Morgan fingerprint density at radius 3 is 2.44 bits per heavy atom. The number of hydrogen-bond acceptors (Lipinski definition) is 8. The van der Waals surface area contributed by atoms with Crippen LogP contribution in [0.25, 0.3) is 10.8 Å². The topological polar surface area (TPSA) is 147 Å². The van der Waals surface area contributed by atoms with E-state index in [1.807, 2.05) is 12.1 Å². The van der Waals surface area contributed by atoms with Crippen molar-refractivity contribution in [1.82, 2.24) is 19.9 Å². The average molecular weight is 744 g/mol. The van der Waals surface area contributed by atoms with E-state index in [0.29, 0.717) is 30.4 Å². The molecule has 0 radical (unpaired) electrons. The molecule has 6 rings (SSSR count). The van der Waals surface area contributed by atoms with Crippen LogP contribution >= 0.6 is 0 Å². The van der Waals surface area contributed by atoms with Gasteiger partial charge in [0.2, 0.25) is 27.7 Å². The van der Waals surface area contributed by atoms with Crippen molar-refractivity contribution in [2.75, 3.05) is 11.9 Å². The lowest BCUT2D eigenvalue weighted by atomic mass is 9.85. The monoisotopic (exact) mass is 743 g/mol.